The lowest BCUT2D eigenvalue weighted by Gasteiger charge is -2.17. The summed E-state index contributed by atoms with van der Waals surface area (Å²) in [4.78, 5) is 33.7. The molecule has 3 aromatic rings. The monoisotopic (exact) mass is 412 g/mol. The van der Waals surface area contributed by atoms with Crippen LogP contribution in [0.15, 0.2) is 41.6 Å². The van der Waals surface area contributed by atoms with Crippen molar-refractivity contribution in [2.75, 3.05) is 31.8 Å². The van der Waals surface area contributed by atoms with Crippen LogP contribution in [0.1, 0.15) is 11.1 Å². The van der Waals surface area contributed by atoms with Crippen LogP contribution in [-0.2, 0) is 9.59 Å². The van der Waals surface area contributed by atoms with Crippen molar-refractivity contribution < 1.29 is 14.3 Å². The molecule has 0 atom stereocenters. The van der Waals surface area contributed by atoms with E-state index in [1.165, 1.54) is 16.7 Å². The van der Waals surface area contributed by atoms with Crippen molar-refractivity contribution in [2.45, 2.75) is 19.0 Å². The molecular formula is C21H24N4O3S. The van der Waals surface area contributed by atoms with Gasteiger partial charge in [0.25, 0.3) is 0 Å². The quantitative estimate of drug-likeness (QED) is 0.581. The number of carbonyl (C=O) groups is 2. The Morgan fingerprint density at radius 2 is 2.00 bits per heavy atom. The highest BCUT2D eigenvalue weighted by molar-refractivity contribution is 7.99. The SMILES string of the molecule is COc1ccc2nc(SCC(=O)N(C)CC(=O)Nc3cc(C)ccc3C)[nH]c2c1. The molecule has 2 aromatic carbocycles. The fraction of sp³-hybridized carbons (Fsp3) is 0.286. The maximum atomic E-state index is 12.4. The number of fused-ring (bicyclic) bond motifs is 1. The largest absolute Gasteiger partial charge is 0.497 e. The van der Waals surface area contributed by atoms with Crippen LogP contribution in [-0.4, -0.2) is 53.1 Å². The molecule has 0 saturated carbocycles. The number of nitrogens with zero attached hydrogens (tertiary/aromatic N) is 2. The van der Waals surface area contributed by atoms with E-state index in [1.54, 1.807) is 14.2 Å². The number of benzene rings is 2. The first-order valence-electron chi connectivity index (χ1n) is 9.13. The van der Waals surface area contributed by atoms with Gasteiger partial charge in [-0.2, -0.15) is 0 Å². The predicted molar refractivity (Wildman–Crippen MR) is 116 cm³/mol. The summed E-state index contributed by atoms with van der Waals surface area (Å²) < 4.78 is 5.20. The molecule has 8 heteroatoms. The third-order valence-electron chi connectivity index (χ3n) is 4.47. The van der Waals surface area contributed by atoms with Crippen molar-refractivity contribution in [3.8, 4) is 5.75 Å². The van der Waals surface area contributed by atoms with Gasteiger partial charge in [-0.1, -0.05) is 23.9 Å². The van der Waals surface area contributed by atoms with Gasteiger partial charge < -0.3 is 19.9 Å². The zero-order valence-electron chi connectivity index (χ0n) is 16.9. The number of imidazole rings is 1. The molecule has 0 aliphatic carbocycles. The van der Waals surface area contributed by atoms with E-state index in [2.05, 4.69) is 15.3 Å². The molecule has 29 heavy (non-hydrogen) atoms. The third kappa shape index (κ3) is 5.29. The Morgan fingerprint density at radius 1 is 1.21 bits per heavy atom. The number of methoxy groups -OCH3 is 1. The van der Waals surface area contributed by atoms with E-state index in [9.17, 15) is 9.59 Å². The minimum atomic E-state index is -0.226. The number of aromatic amines is 1. The highest BCUT2D eigenvalue weighted by Gasteiger charge is 2.15. The van der Waals surface area contributed by atoms with Gasteiger partial charge in [0.15, 0.2) is 5.16 Å². The van der Waals surface area contributed by atoms with Crippen LogP contribution in [0.3, 0.4) is 0 Å². The molecule has 3 rings (SSSR count). The van der Waals surface area contributed by atoms with Gasteiger partial charge in [0, 0.05) is 18.8 Å². The first-order valence-corrected chi connectivity index (χ1v) is 10.1. The molecule has 0 aliphatic rings. The van der Waals surface area contributed by atoms with Crippen LogP contribution < -0.4 is 10.1 Å². The molecule has 1 aromatic heterocycles. The molecule has 0 unspecified atom stereocenters. The fourth-order valence-corrected chi connectivity index (χ4v) is 3.59. The summed E-state index contributed by atoms with van der Waals surface area (Å²) in [5.41, 5.74) is 4.47. The predicted octanol–water partition coefficient (Wildman–Crippen LogP) is 3.38. The number of ether oxygens (including phenoxy) is 1. The van der Waals surface area contributed by atoms with Gasteiger partial charge >= 0.3 is 0 Å². The average molecular weight is 413 g/mol. The summed E-state index contributed by atoms with van der Waals surface area (Å²) in [6, 6.07) is 11.4. The van der Waals surface area contributed by atoms with E-state index in [4.69, 9.17) is 4.74 Å². The van der Waals surface area contributed by atoms with Crippen LogP contribution >= 0.6 is 11.8 Å². The first-order chi connectivity index (χ1) is 13.9. The lowest BCUT2D eigenvalue weighted by molar-refractivity contribution is -0.131. The minimum absolute atomic E-state index is 0.00982. The van der Waals surface area contributed by atoms with E-state index in [1.807, 2.05) is 50.2 Å². The summed E-state index contributed by atoms with van der Waals surface area (Å²) in [6.45, 7) is 3.89. The second-order valence-corrected chi connectivity index (χ2v) is 7.79. The van der Waals surface area contributed by atoms with E-state index in [0.29, 0.717) is 5.16 Å². The normalized spacial score (nSPS) is 10.8. The van der Waals surface area contributed by atoms with Crippen molar-refractivity contribution in [2.24, 2.45) is 0 Å². The molecule has 0 spiro atoms. The van der Waals surface area contributed by atoms with E-state index in [0.717, 1.165) is 33.6 Å². The standard InChI is InChI=1S/C21H24N4O3S/c1-13-5-6-14(2)17(9-13)22-19(26)11-25(3)20(27)12-29-21-23-16-8-7-15(28-4)10-18(16)24-21/h5-10H,11-12H2,1-4H3,(H,22,26)(H,23,24). The Balaban J connectivity index is 1.53. The Hall–Kier alpha value is -3.00. The summed E-state index contributed by atoms with van der Waals surface area (Å²) in [7, 11) is 3.23. The fourth-order valence-electron chi connectivity index (χ4n) is 2.76. The Morgan fingerprint density at radius 3 is 2.76 bits per heavy atom. The van der Waals surface area contributed by atoms with Gasteiger partial charge in [-0.3, -0.25) is 9.59 Å². The van der Waals surface area contributed by atoms with Gasteiger partial charge in [-0.05, 0) is 43.2 Å². The second kappa shape index (κ2) is 9.00. The molecule has 0 radical (unpaired) electrons. The molecular weight excluding hydrogens is 388 g/mol. The smallest absolute Gasteiger partial charge is 0.243 e. The Bertz CT molecular complexity index is 1050. The molecule has 7 nitrogen and oxygen atoms in total. The van der Waals surface area contributed by atoms with Crippen LogP contribution in [0.25, 0.3) is 11.0 Å². The number of thioether (sulfide) groups is 1. The van der Waals surface area contributed by atoms with E-state index < -0.39 is 0 Å². The summed E-state index contributed by atoms with van der Waals surface area (Å²) in [5.74, 6) is 0.549. The molecule has 152 valence electrons. The van der Waals surface area contributed by atoms with Crippen molar-refractivity contribution >= 4 is 40.3 Å². The maximum Gasteiger partial charge on any atom is 0.243 e. The lowest BCUT2D eigenvalue weighted by Crippen LogP contribution is -2.36. The zero-order chi connectivity index (χ0) is 21.0. The van der Waals surface area contributed by atoms with Gasteiger partial charge in [0.2, 0.25) is 11.8 Å². The number of nitrogens with one attached hydrogen (secondary N) is 2. The topological polar surface area (TPSA) is 87.3 Å². The van der Waals surface area contributed by atoms with E-state index in [-0.39, 0.29) is 24.1 Å². The third-order valence-corrected chi connectivity index (χ3v) is 5.33. The number of hydrogen-bond donors (Lipinski definition) is 2. The lowest BCUT2D eigenvalue weighted by atomic mass is 10.1. The Kier molecular flexibility index (Phi) is 6.43. The molecule has 0 aliphatic heterocycles. The number of carbonyl (C=O) groups excluding carboxylic acids is 2. The second-order valence-electron chi connectivity index (χ2n) is 6.83. The van der Waals surface area contributed by atoms with Gasteiger partial charge in [0.05, 0.1) is 30.4 Å². The highest BCUT2D eigenvalue weighted by atomic mass is 32.2. The number of anilines is 1. The van der Waals surface area contributed by atoms with Crippen LogP contribution in [0.5, 0.6) is 5.75 Å². The number of likely N-dealkylation sites (N-methyl/N-ethyl adjacent to an activating group) is 1. The van der Waals surface area contributed by atoms with Crippen molar-refractivity contribution in [3.05, 3.63) is 47.5 Å². The molecule has 2 amide bonds. The summed E-state index contributed by atoms with van der Waals surface area (Å²) >= 11 is 1.30. The zero-order valence-corrected chi connectivity index (χ0v) is 17.7. The molecule has 1 heterocycles. The van der Waals surface area contributed by atoms with Crippen molar-refractivity contribution in [1.82, 2.24) is 14.9 Å². The van der Waals surface area contributed by atoms with Crippen molar-refractivity contribution in [1.29, 1.82) is 0 Å². The molecule has 0 fully saturated rings. The number of amides is 2. The van der Waals surface area contributed by atoms with Gasteiger partial charge in [-0.25, -0.2) is 4.98 Å². The van der Waals surface area contributed by atoms with E-state index >= 15 is 0 Å². The first kappa shape index (κ1) is 20.7. The van der Waals surface area contributed by atoms with Crippen LogP contribution in [0.2, 0.25) is 0 Å². The number of rotatable bonds is 7. The molecule has 0 bridgehead atoms. The number of hydrogen-bond acceptors (Lipinski definition) is 5. The van der Waals surface area contributed by atoms with Gasteiger partial charge in [0.1, 0.15) is 5.75 Å². The molecule has 0 saturated heterocycles. The number of H-pyrrole nitrogens is 1. The highest BCUT2D eigenvalue weighted by Crippen LogP contribution is 2.23. The average Bonchev–Trinajstić information content (AvgIpc) is 3.10. The molecule has 2 N–H and O–H groups in total. The Labute approximate surface area is 173 Å². The summed E-state index contributed by atoms with van der Waals surface area (Å²) in [6.07, 6.45) is 0. The van der Waals surface area contributed by atoms with Crippen LogP contribution in [0, 0.1) is 13.8 Å². The van der Waals surface area contributed by atoms with Crippen molar-refractivity contribution in [3.63, 3.8) is 0 Å². The van der Waals surface area contributed by atoms with Gasteiger partial charge in [-0.15, -0.1) is 0 Å². The minimum Gasteiger partial charge on any atom is -0.497 e. The van der Waals surface area contributed by atoms with Crippen LogP contribution in [0.4, 0.5) is 5.69 Å². The summed E-state index contributed by atoms with van der Waals surface area (Å²) in [5, 5.41) is 3.52. The maximum absolute atomic E-state index is 12.4. The number of aromatic nitrogens is 2. The number of aryl methyl sites for hydroxylation is 2.